The molecule has 4 heteroatoms. The van der Waals surface area contributed by atoms with E-state index in [9.17, 15) is 0 Å². The van der Waals surface area contributed by atoms with Gasteiger partial charge in [-0.3, -0.25) is 0 Å². The molecule has 0 saturated heterocycles. The van der Waals surface area contributed by atoms with Gasteiger partial charge in [0, 0.05) is 5.92 Å². The highest BCUT2D eigenvalue weighted by Gasteiger charge is 2.14. The zero-order chi connectivity index (χ0) is 8.43. The first-order valence-electron chi connectivity index (χ1n) is 3.85. The normalized spacial score (nSPS) is 13.9. The van der Waals surface area contributed by atoms with Gasteiger partial charge in [-0.1, -0.05) is 20.8 Å². The van der Waals surface area contributed by atoms with E-state index in [1.807, 2.05) is 0 Å². The molecule has 0 spiro atoms. The summed E-state index contributed by atoms with van der Waals surface area (Å²) in [5.74, 6) is 1.80. The summed E-state index contributed by atoms with van der Waals surface area (Å²) in [7, 11) is 1.78. The minimum absolute atomic E-state index is 0.392. The third-order valence-corrected chi connectivity index (χ3v) is 1.93. The van der Waals surface area contributed by atoms with Gasteiger partial charge < -0.3 is 0 Å². The summed E-state index contributed by atoms with van der Waals surface area (Å²) in [4.78, 5) is 1.49. The molecule has 0 aromatic carbocycles. The van der Waals surface area contributed by atoms with E-state index in [-0.39, 0.29) is 0 Å². The van der Waals surface area contributed by atoms with Gasteiger partial charge in [0.15, 0.2) is 5.82 Å². The van der Waals surface area contributed by atoms with E-state index in [1.54, 1.807) is 7.05 Å². The third-order valence-electron chi connectivity index (χ3n) is 1.93. The maximum atomic E-state index is 4.13. The Morgan fingerprint density at radius 2 is 1.91 bits per heavy atom. The van der Waals surface area contributed by atoms with Crippen LogP contribution in [-0.2, 0) is 7.05 Å². The van der Waals surface area contributed by atoms with Crippen LogP contribution in [0.5, 0.6) is 0 Å². The lowest BCUT2D eigenvalue weighted by atomic mass is 9.98. The van der Waals surface area contributed by atoms with E-state index in [1.165, 1.54) is 4.80 Å². The standard InChI is InChI=1S/C7H14N4/c1-5(2)6(3)7-8-10-11(4)9-7/h5-6H,1-4H3. The van der Waals surface area contributed by atoms with Crippen LogP contribution in [0.4, 0.5) is 0 Å². The molecule has 0 fully saturated rings. The minimum atomic E-state index is 0.392. The van der Waals surface area contributed by atoms with Crippen molar-refractivity contribution in [1.82, 2.24) is 20.2 Å². The summed E-state index contributed by atoms with van der Waals surface area (Å²) in [6.45, 7) is 6.42. The van der Waals surface area contributed by atoms with Crippen molar-refractivity contribution in [3.63, 3.8) is 0 Å². The number of tetrazole rings is 1. The number of hydrogen-bond acceptors (Lipinski definition) is 3. The summed E-state index contributed by atoms with van der Waals surface area (Å²) >= 11 is 0. The van der Waals surface area contributed by atoms with Gasteiger partial charge in [0.05, 0.1) is 7.05 Å². The molecule has 0 radical (unpaired) electrons. The average Bonchev–Trinajstić information content (AvgIpc) is 2.34. The van der Waals surface area contributed by atoms with Gasteiger partial charge in [0.2, 0.25) is 0 Å². The Balaban J connectivity index is 2.76. The van der Waals surface area contributed by atoms with Crippen molar-refractivity contribution in [2.24, 2.45) is 13.0 Å². The summed E-state index contributed by atoms with van der Waals surface area (Å²) in [5, 5.41) is 11.8. The van der Waals surface area contributed by atoms with Crippen LogP contribution >= 0.6 is 0 Å². The van der Waals surface area contributed by atoms with Gasteiger partial charge in [0.1, 0.15) is 0 Å². The molecular formula is C7H14N4. The van der Waals surface area contributed by atoms with Crippen molar-refractivity contribution >= 4 is 0 Å². The fourth-order valence-electron chi connectivity index (χ4n) is 0.779. The van der Waals surface area contributed by atoms with E-state index in [0.29, 0.717) is 11.8 Å². The number of nitrogens with zero attached hydrogens (tertiary/aromatic N) is 4. The molecule has 1 atom stereocenters. The molecule has 0 aliphatic heterocycles. The van der Waals surface area contributed by atoms with Crippen LogP contribution in [-0.4, -0.2) is 20.2 Å². The van der Waals surface area contributed by atoms with Crippen molar-refractivity contribution in [2.45, 2.75) is 26.7 Å². The number of aromatic nitrogens is 4. The van der Waals surface area contributed by atoms with Gasteiger partial charge in [-0.25, -0.2) is 0 Å². The molecule has 1 heterocycles. The molecule has 1 aromatic heterocycles. The first-order chi connectivity index (χ1) is 5.11. The molecular weight excluding hydrogens is 140 g/mol. The van der Waals surface area contributed by atoms with Crippen molar-refractivity contribution in [1.29, 1.82) is 0 Å². The van der Waals surface area contributed by atoms with Crippen LogP contribution < -0.4 is 0 Å². The lowest BCUT2D eigenvalue weighted by molar-refractivity contribution is 0.507. The Kier molecular flexibility index (Phi) is 2.22. The van der Waals surface area contributed by atoms with Gasteiger partial charge >= 0.3 is 0 Å². The van der Waals surface area contributed by atoms with Crippen LogP contribution in [0, 0.1) is 5.92 Å². The maximum absolute atomic E-state index is 4.13. The molecule has 0 N–H and O–H groups in total. The predicted octanol–water partition coefficient (Wildman–Crippen LogP) is 0.970. The highest BCUT2D eigenvalue weighted by atomic mass is 15.6. The van der Waals surface area contributed by atoms with Crippen molar-refractivity contribution in [2.75, 3.05) is 0 Å². The monoisotopic (exact) mass is 154 g/mol. The topological polar surface area (TPSA) is 43.6 Å². The molecule has 0 saturated carbocycles. The molecule has 4 nitrogen and oxygen atoms in total. The SMILES string of the molecule is CC(C)C(C)c1nnn(C)n1. The van der Waals surface area contributed by atoms with Crippen LogP contribution in [0.1, 0.15) is 32.5 Å². The molecule has 11 heavy (non-hydrogen) atoms. The van der Waals surface area contributed by atoms with Crippen LogP contribution in [0.3, 0.4) is 0 Å². The van der Waals surface area contributed by atoms with E-state index in [2.05, 4.69) is 36.2 Å². The second kappa shape index (κ2) is 2.98. The average molecular weight is 154 g/mol. The molecule has 0 bridgehead atoms. The fourth-order valence-corrected chi connectivity index (χ4v) is 0.779. The van der Waals surface area contributed by atoms with Crippen molar-refractivity contribution in [3.05, 3.63) is 5.82 Å². The van der Waals surface area contributed by atoms with Crippen molar-refractivity contribution in [3.8, 4) is 0 Å². The number of rotatable bonds is 2. The lowest BCUT2D eigenvalue weighted by Gasteiger charge is -2.09. The first-order valence-corrected chi connectivity index (χ1v) is 3.85. The molecule has 1 rings (SSSR count). The Hall–Kier alpha value is -0.930. The van der Waals surface area contributed by atoms with E-state index < -0.39 is 0 Å². The van der Waals surface area contributed by atoms with E-state index in [0.717, 1.165) is 5.82 Å². The van der Waals surface area contributed by atoms with Crippen molar-refractivity contribution < 1.29 is 0 Å². The Morgan fingerprint density at radius 1 is 1.27 bits per heavy atom. The summed E-state index contributed by atoms with van der Waals surface area (Å²) in [5.41, 5.74) is 0. The Labute approximate surface area is 66.6 Å². The zero-order valence-corrected chi connectivity index (χ0v) is 7.44. The molecule has 1 aromatic rings. The number of hydrogen-bond donors (Lipinski definition) is 0. The minimum Gasteiger partial charge on any atom is -0.167 e. The quantitative estimate of drug-likeness (QED) is 0.637. The largest absolute Gasteiger partial charge is 0.177 e. The smallest absolute Gasteiger partial charge is 0.167 e. The highest BCUT2D eigenvalue weighted by molar-refractivity contribution is 4.89. The van der Waals surface area contributed by atoms with Gasteiger partial charge in [-0.15, -0.1) is 10.2 Å². The predicted molar refractivity (Wildman–Crippen MR) is 42.1 cm³/mol. The van der Waals surface area contributed by atoms with Gasteiger partial charge in [-0.05, 0) is 11.1 Å². The fraction of sp³-hybridized carbons (Fsp3) is 0.857. The Morgan fingerprint density at radius 3 is 2.27 bits per heavy atom. The second-order valence-corrected chi connectivity index (χ2v) is 3.17. The zero-order valence-electron chi connectivity index (χ0n) is 7.44. The molecule has 0 amide bonds. The van der Waals surface area contributed by atoms with Crippen LogP contribution in [0.15, 0.2) is 0 Å². The molecule has 1 unspecified atom stereocenters. The highest BCUT2D eigenvalue weighted by Crippen LogP contribution is 2.18. The lowest BCUT2D eigenvalue weighted by Crippen LogP contribution is -2.04. The number of aryl methyl sites for hydroxylation is 1. The molecule has 0 aliphatic rings. The molecule has 62 valence electrons. The van der Waals surface area contributed by atoms with E-state index >= 15 is 0 Å². The van der Waals surface area contributed by atoms with Crippen LogP contribution in [0.2, 0.25) is 0 Å². The summed E-state index contributed by atoms with van der Waals surface area (Å²) in [6, 6.07) is 0. The summed E-state index contributed by atoms with van der Waals surface area (Å²) in [6.07, 6.45) is 0. The third kappa shape index (κ3) is 1.76. The maximum Gasteiger partial charge on any atom is 0.177 e. The van der Waals surface area contributed by atoms with Gasteiger partial charge in [0.25, 0.3) is 0 Å². The second-order valence-electron chi connectivity index (χ2n) is 3.17. The van der Waals surface area contributed by atoms with Crippen LogP contribution in [0.25, 0.3) is 0 Å². The van der Waals surface area contributed by atoms with E-state index in [4.69, 9.17) is 0 Å². The summed E-state index contributed by atoms with van der Waals surface area (Å²) < 4.78 is 0. The molecule has 0 aliphatic carbocycles. The first kappa shape index (κ1) is 8.17. The van der Waals surface area contributed by atoms with Gasteiger partial charge in [-0.2, -0.15) is 4.80 Å². The Bertz CT molecular complexity index is 228.